The zero-order chi connectivity index (χ0) is 19.3. The van der Waals surface area contributed by atoms with Crippen LogP contribution in [0.15, 0.2) is 42.5 Å². The summed E-state index contributed by atoms with van der Waals surface area (Å²) >= 11 is 0. The molecule has 2 aliphatic heterocycles. The van der Waals surface area contributed by atoms with E-state index in [-0.39, 0.29) is 12.5 Å². The van der Waals surface area contributed by atoms with Crippen molar-refractivity contribution in [2.75, 3.05) is 51.9 Å². The predicted octanol–water partition coefficient (Wildman–Crippen LogP) is 0.763. The van der Waals surface area contributed by atoms with Gasteiger partial charge in [-0.1, -0.05) is 12.1 Å². The van der Waals surface area contributed by atoms with E-state index in [0.717, 1.165) is 55.7 Å². The fourth-order valence-electron chi connectivity index (χ4n) is 3.66. The first-order chi connectivity index (χ1) is 13.7. The lowest BCUT2D eigenvalue weighted by Crippen LogP contribution is -3.13. The molecule has 0 atom stereocenters. The van der Waals surface area contributed by atoms with Gasteiger partial charge >= 0.3 is 0 Å². The number of hydrogen-bond acceptors (Lipinski definition) is 5. The number of ether oxygens (including phenoxy) is 3. The van der Waals surface area contributed by atoms with Crippen LogP contribution in [0.2, 0.25) is 0 Å². The summed E-state index contributed by atoms with van der Waals surface area (Å²) in [6.07, 6.45) is 0. The monoisotopic (exact) mass is 384 g/mol. The maximum Gasteiger partial charge on any atom is 0.242 e. The van der Waals surface area contributed by atoms with E-state index in [1.165, 1.54) is 10.5 Å². The van der Waals surface area contributed by atoms with Gasteiger partial charge in [0, 0.05) is 5.56 Å². The van der Waals surface area contributed by atoms with Gasteiger partial charge in [0.15, 0.2) is 11.5 Å². The maximum atomic E-state index is 12.5. The molecule has 2 aromatic carbocycles. The second kappa shape index (κ2) is 8.39. The highest BCUT2D eigenvalue weighted by atomic mass is 16.7. The van der Waals surface area contributed by atoms with Crippen LogP contribution in [0.25, 0.3) is 0 Å². The van der Waals surface area contributed by atoms with Crippen LogP contribution in [0.5, 0.6) is 17.2 Å². The Morgan fingerprint density at radius 1 is 1.14 bits per heavy atom. The van der Waals surface area contributed by atoms with Crippen LogP contribution >= 0.6 is 0 Å². The Kier molecular flexibility index (Phi) is 5.53. The summed E-state index contributed by atoms with van der Waals surface area (Å²) in [4.78, 5) is 16.0. The van der Waals surface area contributed by atoms with Crippen molar-refractivity contribution in [1.29, 1.82) is 0 Å². The van der Waals surface area contributed by atoms with Crippen molar-refractivity contribution in [3.05, 3.63) is 48.0 Å². The summed E-state index contributed by atoms with van der Waals surface area (Å²) < 4.78 is 16.1. The molecule has 1 amide bonds. The Labute approximate surface area is 164 Å². The number of nitrogens with zero attached hydrogens (tertiary/aromatic N) is 1. The summed E-state index contributed by atoms with van der Waals surface area (Å²) in [5.74, 6) is 2.51. The van der Waals surface area contributed by atoms with Gasteiger partial charge in [-0.15, -0.1) is 0 Å². The van der Waals surface area contributed by atoms with E-state index in [4.69, 9.17) is 14.2 Å². The van der Waals surface area contributed by atoms with E-state index in [2.05, 4.69) is 17.4 Å². The summed E-state index contributed by atoms with van der Waals surface area (Å²) in [5.41, 5.74) is 2.07. The van der Waals surface area contributed by atoms with E-state index in [1.54, 1.807) is 7.11 Å². The average Bonchev–Trinajstić information content (AvgIpc) is 3.20. The van der Waals surface area contributed by atoms with Crippen LogP contribution in [0.4, 0.5) is 5.69 Å². The molecule has 2 N–H and O–H groups in total. The number of piperazine rings is 1. The lowest BCUT2D eigenvalue weighted by molar-refractivity contribution is -0.917. The molecule has 1 fully saturated rings. The third kappa shape index (κ3) is 4.14. The van der Waals surface area contributed by atoms with Crippen molar-refractivity contribution in [2.45, 2.75) is 6.54 Å². The van der Waals surface area contributed by atoms with Crippen molar-refractivity contribution >= 4 is 11.6 Å². The van der Waals surface area contributed by atoms with E-state index >= 15 is 0 Å². The molecular formula is C21H26N3O4+. The van der Waals surface area contributed by atoms with E-state index in [0.29, 0.717) is 6.79 Å². The first-order valence-corrected chi connectivity index (χ1v) is 9.59. The van der Waals surface area contributed by atoms with Crippen LogP contribution < -0.4 is 24.4 Å². The Bertz CT molecular complexity index is 834. The highest BCUT2D eigenvalue weighted by Crippen LogP contribution is 2.32. The highest BCUT2D eigenvalue weighted by molar-refractivity contribution is 5.81. The molecule has 0 unspecified atom stereocenters. The Morgan fingerprint density at radius 2 is 1.93 bits per heavy atom. The molecule has 2 aliphatic rings. The fourth-order valence-corrected chi connectivity index (χ4v) is 3.66. The molecule has 2 aromatic rings. The minimum absolute atomic E-state index is 0.119. The van der Waals surface area contributed by atoms with Gasteiger partial charge in [-0.05, 0) is 30.3 Å². The average molecular weight is 384 g/mol. The number of amides is 1. The first-order valence-electron chi connectivity index (χ1n) is 9.59. The standard InChI is InChI=1S/C21H25N3O4/c1-26-18-5-3-2-4-17(18)22-13-21(25)24-10-8-23(9-11-24)14-16-6-7-19-20(12-16)28-15-27-19/h2-7,12,22H,8-11,13-15H2,1H3/p+1. The number of quaternary nitrogens is 1. The van der Waals surface area contributed by atoms with Gasteiger partial charge in [0.1, 0.15) is 12.3 Å². The molecule has 7 nitrogen and oxygen atoms in total. The lowest BCUT2D eigenvalue weighted by Gasteiger charge is -2.32. The number of rotatable bonds is 6. The zero-order valence-electron chi connectivity index (χ0n) is 16.1. The first kappa shape index (κ1) is 18.4. The van der Waals surface area contributed by atoms with Crippen molar-refractivity contribution in [3.8, 4) is 17.2 Å². The third-order valence-corrected chi connectivity index (χ3v) is 5.25. The van der Waals surface area contributed by atoms with E-state index < -0.39 is 0 Å². The second-order valence-corrected chi connectivity index (χ2v) is 7.05. The molecule has 0 bridgehead atoms. The number of nitrogens with one attached hydrogen (secondary N) is 2. The quantitative estimate of drug-likeness (QED) is 0.770. The van der Waals surface area contributed by atoms with E-state index in [9.17, 15) is 4.79 Å². The Balaban J connectivity index is 1.25. The third-order valence-electron chi connectivity index (χ3n) is 5.25. The van der Waals surface area contributed by atoms with Crippen LogP contribution in [0.1, 0.15) is 5.56 Å². The second-order valence-electron chi connectivity index (χ2n) is 7.05. The molecule has 0 saturated carbocycles. The van der Waals surface area contributed by atoms with Crippen LogP contribution in [-0.2, 0) is 11.3 Å². The normalized spacial score (nSPS) is 16.1. The minimum Gasteiger partial charge on any atom is -0.495 e. The maximum absolute atomic E-state index is 12.5. The molecule has 7 heteroatoms. The number of anilines is 1. The van der Waals surface area contributed by atoms with Gasteiger partial charge in [0.25, 0.3) is 0 Å². The number of benzene rings is 2. The van der Waals surface area contributed by atoms with Crippen LogP contribution in [-0.4, -0.2) is 57.4 Å². The molecule has 148 valence electrons. The van der Waals surface area contributed by atoms with E-state index in [1.807, 2.05) is 35.2 Å². The molecule has 4 rings (SSSR count). The molecule has 0 radical (unpaired) electrons. The number of para-hydroxylation sites is 2. The molecule has 28 heavy (non-hydrogen) atoms. The number of fused-ring (bicyclic) bond motifs is 1. The lowest BCUT2D eigenvalue weighted by atomic mass is 10.1. The molecule has 0 aliphatic carbocycles. The Morgan fingerprint density at radius 3 is 2.75 bits per heavy atom. The topological polar surface area (TPSA) is 64.5 Å². The van der Waals surface area contributed by atoms with Gasteiger partial charge in [0.05, 0.1) is 45.5 Å². The van der Waals surface area contributed by atoms with Crippen molar-refractivity contribution in [1.82, 2.24) is 4.90 Å². The molecule has 0 aromatic heterocycles. The molecule has 0 spiro atoms. The van der Waals surface area contributed by atoms with Crippen LogP contribution in [0, 0.1) is 0 Å². The van der Waals surface area contributed by atoms with Gasteiger partial charge in [-0.25, -0.2) is 0 Å². The van der Waals surface area contributed by atoms with Crippen LogP contribution in [0.3, 0.4) is 0 Å². The van der Waals surface area contributed by atoms with Crippen molar-refractivity contribution < 1.29 is 23.9 Å². The minimum atomic E-state index is 0.119. The van der Waals surface area contributed by atoms with Gasteiger partial charge < -0.3 is 29.3 Å². The summed E-state index contributed by atoms with van der Waals surface area (Å²) in [7, 11) is 1.63. The van der Waals surface area contributed by atoms with Crippen molar-refractivity contribution in [2.24, 2.45) is 0 Å². The van der Waals surface area contributed by atoms with Gasteiger partial charge in [-0.2, -0.15) is 0 Å². The highest BCUT2D eigenvalue weighted by Gasteiger charge is 2.24. The predicted molar refractivity (Wildman–Crippen MR) is 105 cm³/mol. The van der Waals surface area contributed by atoms with Gasteiger partial charge in [-0.3, -0.25) is 4.79 Å². The number of carbonyl (C=O) groups is 1. The van der Waals surface area contributed by atoms with Gasteiger partial charge in [0.2, 0.25) is 12.7 Å². The summed E-state index contributed by atoms with van der Waals surface area (Å²) in [6.45, 7) is 4.92. The number of carbonyl (C=O) groups excluding carboxylic acids is 1. The fraction of sp³-hybridized carbons (Fsp3) is 0.381. The molecular weight excluding hydrogens is 358 g/mol. The largest absolute Gasteiger partial charge is 0.495 e. The summed E-state index contributed by atoms with van der Waals surface area (Å²) in [5, 5.41) is 3.19. The number of hydrogen-bond donors (Lipinski definition) is 2. The zero-order valence-corrected chi connectivity index (χ0v) is 16.1. The van der Waals surface area contributed by atoms with Crippen molar-refractivity contribution in [3.63, 3.8) is 0 Å². The molecule has 1 saturated heterocycles. The summed E-state index contributed by atoms with van der Waals surface area (Å²) in [6, 6.07) is 13.8. The smallest absolute Gasteiger partial charge is 0.242 e. The Hall–Kier alpha value is -2.93. The molecule has 2 heterocycles. The SMILES string of the molecule is COc1ccccc1NCC(=O)N1CC[NH+](Cc2ccc3c(c2)OCO3)CC1. The number of methoxy groups -OCH3 is 1.